The average molecular weight is 294 g/mol. The summed E-state index contributed by atoms with van der Waals surface area (Å²) in [6.07, 6.45) is 4.29. The molecule has 3 N–H and O–H groups in total. The summed E-state index contributed by atoms with van der Waals surface area (Å²) in [6.45, 7) is 2.52. The zero-order valence-corrected chi connectivity index (χ0v) is 12.0. The molecular formula is C14H22N4O3. The van der Waals surface area contributed by atoms with E-state index < -0.39 is 6.10 Å². The molecule has 1 aliphatic heterocycles. The van der Waals surface area contributed by atoms with E-state index >= 15 is 0 Å². The number of ether oxygens (including phenoxy) is 1. The molecule has 0 aromatic carbocycles. The molecule has 116 valence electrons. The lowest BCUT2D eigenvalue weighted by Crippen LogP contribution is -2.48. The first-order valence-corrected chi connectivity index (χ1v) is 7.57. The van der Waals surface area contributed by atoms with Gasteiger partial charge >= 0.3 is 0 Å². The van der Waals surface area contributed by atoms with E-state index in [9.17, 15) is 4.79 Å². The first kappa shape index (κ1) is 14.5. The van der Waals surface area contributed by atoms with Crippen molar-refractivity contribution in [1.29, 1.82) is 0 Å². The number of fused-ring (bicyclic) bond motifs is 1. The molecule has 2 unspecified atom stereocenters. The Morgan fingerprint density at radius 3 is 3.29 bits per heavy atom. The third kappa shape index (κ3) is 3.09. The predicted molar refractivity (Wildman–Crippen MR) is 75.7 cm³/mol. The number of carbonyl (C=O) groups excluding carboxylic acids is 1. The van der Waals surface area contributed by atoms with Crippen LogP contribution in [0.15, 0.2) is 6.20 Å². The van der Waals surface area contributed by atoms with Gasteiger partial charge in [0.15, 0.2) is 0 Å². The zero-order chi connectivity index (χ0) is 14.7. The molecule has 1 aromatic heterocycles. The second-order valence-electron chi connectivity index (χ2n) is 5.51. The summed E-state index contributed by atoms with van der Waals surface area (Å²) < 4.78 is 7.32. The van der Waals surface area contributed by atoms with Gasteiger partial charge in [0, 0.05) is 24.3 Å². The van der Waals surface area contributed by atoms with Crippen LogP contribution in [0.4, 0.5) is 0 Å². The van der Waals surface area contributed by atoms with E-state index in [4.69, 9.17) is 9.84 Å². The van der Waals surface area contributed by atoms with Crippen molar-refractivity contribution in [3.63, 3.8) is 0 Å². The van der Waals surface area contributed by atoms with Gasteiger partial charge < -0.3 is 20.5 Å². The SMILES string of the molecule is O=C(NC1CCCc2c1cnn2CCO)C1CNCCO1. The third-order valence-corrected chi connectivity index (χ3v) is 4.11. The van der Waals surface area contributed by atoms with Gasteiger partial charge in [0.1, 0.15) is 6.10 Å². The van der Waals surface area contributed by atoms with Crippen LogP contribution < -0.4 is 10.6 Å². The molecule has 1 aliphatic carbocycles. The molecule has 2 atom stereocenters. The highest BCUT2D eigenvalue weighted by atomic mass is 16.5. The van der Waals surface area contributed by atoms with Crippen LogP contribution in [-0.2, 0) is 22.5 Å². The normalized spacial score (nSPS) is 25.4. The van der Waals surface area contributed by atoms with Crippen LogP contribution in [0.25, 0.3) is 0 Å². The number of nitrogens with one attached hydrogen (secondary N) is 2. The van der Waals surface area contributed by atoms with Gasteiger partial charge in [-0.3, -0.25) is 9.48 Å². The van der Waals surface area contributed by atoms with Crippen LogP contribution in [0, 0.1) is 0 Å². The Hall–Kier alpha value is -1.44. The number of amides is 1. The van der Waals surface area contributed by atoms with Gasteiger partial charge in [-0.2, -0.15) is 5.10 Å². The number of carbonyl (C=O) groups is 1. The molecule has 2 aliphatic rings. The minimum absolute atomic E-state index is 0.000723. The lowest BCUT2D eigenvalue weighted by atomic mass is 9.92. The maximum Gasteiger partial charge on any atom is 0.250 e. The number of aliphatic hydroxyl groups excluding tert-OH is 1. The molecule has 1 amide bonds. The molecule has 7 heteroatoms. The molecule has 21 heavy (non-hydrogen) atoms. The van der Waals surface area contributed by atoms with Gasteiger partial charge in [-0.15, -0.1) is 0 Å². The van der Waals surface area contributed by atoms with Crippen molar-refractivity contribution in [3.8, 4) is 0 Å². The topological polar surface area (TPSA) is 88.4 Å². The largest absolute Gasteiger partial charge is 0.394 e. The molecule has 0 spiro atoms. The van der Waals surface area contributed by atoms with E-state index in [1.165, 1.54) is 0 Å². The highest BCUT2D eigenvalue weighted by Gasteiger charge is 2.29. The molecule has 3 rings (SSSR count). The van der Waals surface area contributed by atoms with Crippen LogP contribution in [0.3, 0.4) is 0 Å². The van der Waals surface area contributed by atoms with Crippen molar-refractivity contribution in [1.82, 2.24) is 20.4 Å². The fraction of sp³-hybridized carbons (Fsp3) is 0.714. The molecular weight excluding hydrogens is 272 g/mol. The van der Waals surface area contributed by atoms with Crippen molar-refractivity contribution < 1.29 is 14.6 Å². The standard InChI is InChI=1S/C14H22N4O3/c19-6-5-18-12-3-1-2-11(10(12)8-16-18)17-14(20)13-9-15-4-7-21-13/h8,11,13,15,19H,1-7,9H2,(H,17,20). The Bertz CT molecular complexity index is 496. The van der Waals surface area contributed by atoms with Crippen LogP contribution in [0.1, 0.15) is 30.1 Å². The highest BCUT2D eigenvalue weighted by Crippen LogP contribution is 2.29. The van der Waals surface area contributed by atoms with Gasteiger partial charge in [-0.05, 0) is 19.3 Å². The summed E-state index contributed by atoms with van der Waals surface area (Å²) in [6, 6.07) is -0.000723. The molecule has 0 bridgehead atoms. The Balaban J connectivity index is 1.68. The number of nitrogens with zero attached hydrogens (tertiary/aromatic N) is 2. The van der Waals surface area contributed by atoms with Gasteiger partial charge in [0.05, 0.1) is 32.0 Å². The van der Waals surface area contributed by atoms with E-state index in [1.807, 2.05) is 10.9 Å². The summed E-state index contributed by atoms with van der Waals surface area (Å²) in [5.74, 6) is -0.0602. The van der Waals surface area contributed by atoms with Gasteiger partial charge in [-0.1, -0.05) is 0 Å². The van der Waals surface area contributed by atoms with E-state index in [-0.39, 0.29) is 18.6 Å². The second kappa shape index (κ2) is 6.55. The Morgan fingerprint density at radius 1 is 1.62 bits per heavy atom. The molecule has 1 aromatic rings. The zero-order valence-electron chi connectivity index (χ0n) is 12.0. The molecule has 2 heterocycles. The van der Waals surface area contributed by atoms with E-state index in [0.717, 1.165) is 37.1 Å². The minimum atomic E-state index is -0.406. The van der Waals surface area contributed by atoms with Crippen molar-refractivity contribution in [2.24, 2.45) is 0 Å². The fourth-order valence-electron chi connectivity index (χ4n) is 3.05. The Labute approximate surface area is 123 Å². The first-order valence-electron chi connectivity index (χ1n) is 7.57. The summed E-state index contributed by atoms with van der Waals surface area (Å²) >= 11 is 0. The summed E-state index contributed by atoms with van der Waals surface area (Å²) in [7, 11) is 0. The average Bonchev–Trinajstić information content (AvgIpc) is 2.93. The highest BCUT2D eigenvalue weighted by molar-refractivity contribution is 5.81. The van der Waals surface area contributed by atoms with E-state index in [0.29, 0.717) is 19.7 Å². The number of aliphatic hydroxyl groups is 1. The minimum Gasteiger partial charge on any atom is -0.394 e. The lowest BCUT2D eigenvalue weighted by Gasteiger charge is -2.28. The number of hydrogen-bond donors (Lipinski definition) is 3. The van der Waals surface area contributed by atoms with Crippen LogP contribution in [0.5, 0.6) is 0 Å². The van der Waals surface area contributed by atoms with Crippen molar-refractivity contribution in [3.05, 3.63) is 17.5 Å². The number of rotatable bonds is 4. The van der Waals surface area contributed by atoms with Crippen molar-refractivity contribution in [2.75, 3.05) is 26.3 Å². The van der Waals surface area contributed by atoms with Crippen LogP contribution >= 0.6 is 0 Å². The smallest absolute Gasteiger partial charge is 0.250 e. The lowest BCUT2D eigenvalue weighted by molar-refractivity contribution is -0.135. The maximum atomic E-state index is 12.3. The molecule has 0 radical (unpaired) electrons. The summed E-state index contributed by atoms with van der Waals surface area (Å²) in [4.78, 5) is 12.3. The monoisotopic (exact) mass is 294 g/mol. The van der Waals surface area contributed by atoms with E-state index in [2.05, 4.69) is 15.7 Å². The first-order chi connectivity index (χ1) is 10.3. The maximum absolute atomic E-state index is 12.3. The quantitative estimate of drug-likeness (QED) is 0.687. The van der Waals surface area contributed by atoms with Crippen molar-refractivity contribution >= 4 is 5.91 Å². The van der Waals surface area contributed by atoms with Crippen LogP contribution in [0.2, 0.25) is 0 Å². The van der Waals surface area contributed by atoms with Gasteiger partial charge in [0.2, 0.25) is 0 Å². The Kier molecular flexibility index (Phi) is 4.52. The number of aromatic nitrogens is 2. The summed E-state index contributed by atoms with van der Waals surface area (Å²) in [5, 5.41) is 19.6. The third-order valence-electron chi connectivity index (χ3n) is 4.11. The molecule has 0 saturated carbocycles. The van der Waals surface area contributed by atoms with Gasteiger partial charge in [-0.25, -0.2) is 0 Å². The fourth-order valence-corrected chi connectivity index (χ4v) is 3.05. The Morgan fingerprint density at radius 2 is 2.52 bits per heavy atom. The molecule has 1 saturated heterocycles. The van der Waals surface area contributed by atoms with E-state index in [1.54, 1.807) is 0 Å². The molecule has 7 nitrogen and oxygen atoms in total. The number of hydrogen-bond acceptors (Lipinski definition) is 5. The predicted octanol–water partition coefficient (Wildman–Crippen LogP) is -0.643. The second-order valence-corrected chi connectivity index (χ2v) is 5.51. The van der Waals surface area contributed by atoms with Crippen LogP contribution in [-0.4, -0.2) is 53.2 Å². The van der Waals surface area contributed by atoms with Gasteiger partial charge in [0.25, 0.3) is 5.91 Å². The number of morpholine rings is 1. The molecule has 1 fully saturated rings. The summed E-state index contributed by atoms with van der Waals surface area (Å²) in [5.41, 5.74) is 2.20. The van der Waals surface area contributed by atoms with Crippen molar-refractivity contribution in [2.45, 2.75) is 38.0 Å².